The van der Waals surface area contributed by atoms with Crippen molar-refractivity contribution in [1.29, 1.82) is 0 Å². The lowest BCUT2D eigenvalue weighted by Crippen LogP contribution is -1.91. The monoisotopic (exact) mass is 323 g/mol. The van der Waals surface area contributed by atoms with E-state index in [2.05, 4.69) is 36.2 Å². The van der Waals surface area contributed by atoms with E-state index in [4.69, 9.17) is 9.15 Å². The molecule has 2 aromatic carbocycles. The molecule has 1 heterocycles. The van der Waals surface area contributed by atoms with Gasteiger partial charge in [-0.3, -0.25) is 0 Å². The van der Waals surface area contributed by atoms with Crippen molar-refractivity contribution in [3.05, 3.63) is 65.5 Å². The summed E-state index contributed by atoms with van der Waals surface area (Å²) in [7, 11) is 1.52. The number of benzene rings is 2. The van der Waals surface area contributed by atoms with Gasteiger partial charge < -0.3 is 14.3 Å². The van der Waals surface area contributed by atoms with Crippen LogP contribution < -0.4 is 4.74 Å². The molecule has 1 N–H and O–H groups in total. The molecule has 0 aliphatic rings. The molecule has 1 aromatic heterocycles. The third-order valence-electron chi connectivity index (χ3n) is 3.96. The number of aryl methyl sites for hydroxylation is 3. The second-order valence-electron chi connectivity index (χ2n) is 5.87. The maximum Gasteiger partial charge on any atom is 0.226 e. The SMILES string of the molecule is COc1ccc(-c2nc(CCCc3cccc(C)c3)co2)cc1O. The van der Waals surface area contributed by atoms with Crippen LogP contribution in [0, 0.1) is 6.92 Å². The number of hydrogen-bond acceptors (Lipinski definition) is 4. The highest BCUT2D eigenvalue weighted by Crippen LogP contribution is 2.31. The van der Waals surface area contributed by atoms with Crippen molar-refractivity contribution in [2.75, 3.05) is 7.11 Å². The van der Waals surface area contributed by atoms with Crippen LogP contribution in [0.3, 0.4) is 0 Å². The number of phenols is 1. The Morgan fingerprint density at radius 2 is 2.00 bits per heavy atom. The molecule has 3 rings (SSSR count). The Morgan fingerprint density at radius 3 is 2.75 bits per heavy atom. The highest BCUT2D eigenvalue weighted by Gasteiger charge is 2.10. The lowest BCUT2D eigenvalue weighted by atomic mass is 10.1. The van der Waals surface area contributed by atoms with Gasteiger partial charge in [0.05, 0.1) is 12.8 Å². The molecule has 0 atom stereocenters. The van der Waals surface area contributed by atoms with Crippen molar-refractivity contribution in [2.45, 2.75) is 26.2 Å². The molecule has 0 amide bonds. The Kier molecular flexibility index (Phi) is 4.85. The maximum absolute atomic E-state index is 9.85. The number of rotatable bonds is 6. The largest absolute Gasteiger partial charge is 0.504 e. The van der Waals surface area contributed by atoms with Crippen LogP contribution in [0.5, 0.6) is 11.5 Å². The molecular weight excluding hydrogens is 302 g/mol. The van der Waals surface area contributed by atoms with Crippen LogP contribution in [0.15, 0.2) is 53.1 Å². The first-order chi connectivity index (χ1) is 11.7. The van der Waals surface area contributed by atoms with E-state index in [1.54, 1.807) is 18.4 Å². The number of ether oxygens (including phenoxy) is 1. The van der Waals surface area contributed by atoms with Crippen LogP contribution in [-0.2, 0) is 12.8 Å². The van der Waals surface area contributed by atoms with Crippen molar-refractivity contribution >= 4 is 0 Å². The number of nitrogens with zero attached hydrogens (tertiary/aromatic N) is 1. The standard InChI is InChI=1S/C20H21NO3/c1-14-5-3-6-15(11-14)7-4-8-17-13-24-20(21-17)16-9-10-19(23-2)18(22)12-16/h3,5-6,9-13,22H,4,7-8H2,1-2H3. The van der Waals surface area contributed by atoms with E-state index < -0.39 is 0 Å². The van der Waals surface area contributed by atoms with E-state index in [1.807, 2.05) is 6.07 Å². The first-order valence-electron chi connectivity index (χ1n) is 8.03. The Bertz CT molecular complexity index is 823. The van der Waals surface area contributed by atoms with Crippen molar-refractivity contribution in [3.8, 4) is 23.0 Å². The quantitative estimate of drug-likeness (QED) is 0.723. The molecule has 0 saturated carbocycles. The van der Waals surface area contributed by atoms with Crippen LogP contribution in [0.4, 0.5) is 0 Å². The summed E-state index contributed by atoms with van der Waals surface area (Å²) >= 11 is 0. The van der Waals surface area contributed by atoms with Gasteiger partial charge in [-0.15, -0.1) is 0 Å². The minimum atomic E-state index is 0.0780. The zero-order chi connectivity index (χ0) is 16.9. The maximum atomic E-state index is 9.85. The van der Waals surface area contributed by atoms with Gasteiger partial charge in [0.25, 0.3) is 0 Å². The number of methoxy groups -OCH3 is 1. The molecule has 4 nitrogen and oxygen atoms in total. The Hall–Kier alpha value is -2.75. The van der Waals surface area contributed by atoms with Crippen molar-refractivity contribution < 1.29 is 14.3 Å². The van der Waals surface area contributed by atoms with Crippen LogP contribution in [0.1, 0.15) is 23.2 Å². The molecular formula is C20H21NO3. The van der Waals surface area contributed by atoms with Gasteiger partial charge in [-0.25, -0.2) is 4.98 Å². The molecule has 4 heteroatoms. The zero-order valence-corrected chi connectivity index (χ0v) is 14.0. The fraction of sp³-hybridized carbons (Fsp3) is 0.250. The van der Waals surface area contributed by atoms with Gasteiger partial charge in [-0.05, 0) is 49.9 Å². The van der Waals surface area contributed by atoms with Crippen LogP contribution in [0.2, 0.25) is 0 Å². The molecule has 3 aromatic rings. The smallest absolute Gasteiger partial charge is 0.226 e. The Balaban J connectivity index is 1.62. The fourth-order valence-corrected chi connectivity index (χ4v) is 2.72. The number of oxazole rings is 1. The van der Waals surface area contributed by atoms with Gasteiger partial charge in [-0.2, -0.15) is 0 Å². The van der Waals surface area contributed by atoms with Gasteiger partial charge in [0.15, 0.2) is 11.5 Å². The van der Waals surface area contributed by atoms with Gasteiger partial charge in [0.2, 0.25) is 5.89 Å². The summed E-state index contributed by atoms with van der Waals surface area (Å²) < 4.78 is 10.6. The molecule has 0 unspecified atom stereocenters. The number of aromatic hydroxyl groups is 1. The molecule has 0 saturated heterocycles. The molecule has 0 fully saturated rings. The molecule has 24 heavy (non-hydrogen) atoms. The molecule has 0 radical (unpaired) electrons. The third kappa shape index (κ3) is 3.77. The second-order valence-corrected chi connectivity index (χ2v) is 5.87. The Labute approximate surface area is 141 Å². The minimum absolute atomic E-state index is 0.0780. The van der Waals surface area contributed by atoms with Gasteiger partial charge >= 0.3 is 0 Å². The first kappa shape index (κ1) is 16.1. The highest BCUT2D eigenvalue weighted by molar-refractivity contribution is 5.59. The molecule has 124 valence electrons. The van der Waals surface area contributed by atoms with Crippen LogP contribution in [-0.4, -0.2) is 17.2 Å². The van der Waals surface area contributed by atoms with Crippen molar-refractivity contribution in [3.63, 3.8) is 0 Å². The molecule has 0 spiro atoms. The number of aromatic nitrogens is 1. The normalized spacial score (nSPS) is 10.8. The van der Waals surface area contributed by atoms with E-state index in [9.17, 15) is 5.11 Å². The van der Waals surface area contributed by atoms with Crippen LogP contribution in [0.25, 0.3) is 11.5 Å². The lowest BCUT2D eigenvalue weighted by Gasteiger charge is -2.03. The number of phenolic OH excluding ortho intramolecular Hbond substituents is 1. The summed E-state index contributed by atoms with van der Waals surface area (Å²) in [5.41, 5.74) is 4.29. The van der Waals surface area contributed by atoms with E-state index in [0.717, 1.165) is 30.5 Å². The predicted molar refractivity (Wildman–Crippen MR) is 93.4 cm³/mol. The van der Waals surface area contributed by atoms with Crippen LogP contribution >= 0.6 is 0 Å². The third-order valence-corrected chi connectivity index (χ3v) is 3.96. The molecule has 0 bridgehead atoms. The van der Waals surface area contributed by atoms with E-state index >= 15 is 0 Å². The summed E-state index contributed by atoms with van der Waals surface area (Å²) in [4.78, 5) is 4.51. The second kappa shape index (κ2) is 7.21. The zero-order valence-electron chi connectivity index (χ0n) is 14.0. The molecule has 0 aliphatic heterocycles. The summed E-state index contributed by atoms with van der Waals surface area (Å²) in [6, 6.07) is 13.7. The average Bonchev–Trinajstić information content (AvgIpc) is 3.04. The summed E-state index contributed by atoms with van der Waals surface area (Å²) in [5.74, 6) is 1.02. The lowest BCUT2D eigenvalue weighted by molar-refractivity contribution is 0.373. The number of hydrogen-bond donors (Lipinski definition) is 1. The summed E-state index contributed by atoms with van der Waals surface area (Å²) in [6.07, 6.45) is 4.59. The van der Waals surface area contributed by atoms with Crippen molar-refractivity contribution in [2.24, 2.45) is 0 Å². The first-order valence-corrected chi connectivity index (χ1v) is 8.03. The van der Waals surface area contributed by atoms with E-state index in [1.165, 1.54) is 18.2 Å². The van der Waals surface area contributed by atoms with E-state index in [-0.39, 0.29) is 5.75 Å². The Morgan fingerprint density at radius 1 is 1.12 bits per heavy atom. The van der Waals surface area contributed by atoms with Gasteiger partial charge in [0.1, 0.15) is 6.26 Å². The molecule has 0 aliphatic carbocycles. The van der Waals surface area contributed by atoms with E-state index in [0.29, 0.717) is 11.6 Å². The summed E-state index contributed by atoms with van der Waals surface area (Å²) in [5, 5.41) is 9.85. The van der Waals surface area contributed by atoms with Crippen molar-refractivity contribution in [1.82, 2.24) is 4.98 Å². The fourth-order valence-electron chi connectivity index (χ4n) is 2.72. The highest BCUT2D eigenvalue weighted by atomic mass is 16.5. The topological polar surface area (TPSA) is 55.5 Å². The van der Waals surface area contributed by atoms with Gasteiger partial charge in [0, 0.05) is 5.56 Å². The predicted octanol–water partition coefficient (Wildman–Crippen LogP) is 4.54. The minimum Gasteiger partial charge on any atom is -0.504 e. The van der Waals surface area contributed by atoms with Gasteiger partial charge in [-0.1, -0.05) is 29.8 Å². The average molecular weight is 323 g/mol. The summed E-state index contributed by atoms with van der Waals surface area (Å²) in [6.45, 7) is 2.11.